The van der Waals surface area contributed by atoms with Crippen LogP contribution in [0.4, 0.5) is 5.69 Å². The highest BCUT2D eigenvalue weighted by molar-refractivity contribution is 7.90. The zero-order valence-electron chi connectivity index (χ0n) is 13.0. The van der Waals surface area contributed by atoms with Crippen molar-refractivity contribution >= 4 is 15.9 Å². The van der Waals surface area contributed by atoms with Gasteiger partial charge in [0.2, 0.25) is 0 Å². The van der Waals surface area contributed by atoms with Crippen LogP contribution < -0.4 is 9.62 Å². The van der Waals surface area contributed by atoms with Crippen LogP contribution in [0.2, 0.25) is 0 Å². The SMILES string of the molecule is CC(C)NCCCN(C)S(=O)(=O)N1CCc2ccccc21. The third-order valence-corrected chi connectivity index (χ3v) is 5.63. The molecular weight excluding hydrogens is 286 g/mol. The van der Waals surface area contributed by atoms with Gasteiger partial charge in [-0.05, 0) is 31.0 Å². The van der Waals surface area contributed by atoms with Crippen LogP contribution in [0.1, 0.15) is 25.8 Å². The lowest BCUT2D eigenvalue weighted by molar-refractivity contribution is 0.445. The molecule has 5 nitrogen and oxygen atoms in total. The Morgan fingerprint density at radius 3 is 2.76 bits per heavy atom. The van der Waals surface area contributed by atoms with Gasteiger partial charge in [-0.2, -0.15) is 12.7 Å². The minimum atomic E-state index is -3.41. The average Bonchev–Trinajstić information content (AvgIpc) is 2.87. The minimum absolute atomic E-state index is 0.428. The molecule has 0 saturated carbocycles. The quantitative estimate of drug-likeness (QED) is 0.779. The van der Waals surface area contributed by atoms with Crippen LogP contribution >= 0.6 is 0 Å². The largest absolute Gasteiger partial charge is 0.314 e. The molecule has 0 fully saturated rings. The van der Waals surface area contributed by atoms with Gasteiger partial charge in [-0.1, -0.05) is 32.0 Å². The number of benzene rings is 1. The monoisotopic (exact) mass is 311 g/mol. The molecule has 1 aliphatic heterocycles. The van der Waals surface area contributed by atoms with Crippen LogP contribution in [-0.2, 0) is 16.6 Å². The smallest absolute Gasteiger partial charge is 0.303 e. The third-order valence-electron chi connectivity index (χ3n) is 3.72. The van der Waals surface area contributed by atoms with Gasteiger partial charge in [-0.25, -0.2) is 0 Å². The van der Waals surface area contributed by atoms with Gasteiger partial charge in [-0.3, -0.25) is 4.31 Å². The maximum atomic E-state index is 12.7. The van der Waals surface area contributed by atoms with Crippen LogP contribution in [-0.4, -0.2) is 45.4 Å². The van der Waals surface area contributed by atoms with E-state index in [9.17, 15) is 8.42 Å². The Morgan fingerprint density at radius 1 is 1.33 bits per heavy atom. The Balaban J connectivity index is 1.99. The Labute approximate surface area is 128 Å². The first-order valence-electron chi connectivity index (χ1n) is 7.48. The number of rotatable bonds is 7. The average molecular weight is 311 g/mol. The van der Waals surface area contributed by atoms with E-state index in [2.05, 4.69) is 19.2 Å². The molecule has 118 valence electrons. The molecule has 0 aliphatic carbocycles. The Hall–Kier alpha value is -1.11. The Kier molecular flexibility index (Phi) is 5.24. The van der Waals surface area contributed by atoms with Crippen molar-refractivity contribution in [2.75, 3.05) is 31.0 Å². The summed E-state index contributed by atoms with van der Waals surface area (Å²) in [6.07, 6.45) is 1.60. The fraction of sp³-hybridized carbons (Fsp3) is 0.600. The highest BCUT2D eigenvalue weighted by atomic mass is 32.2. The molecule has 0 aromatic heterocycles. The standard InChI is InChI=1S/C15H25N3O2S/c1-13(2)16-10-6-11-17(3)21(19,20)18-12-9-14-7-4-5-8-15(14)18/h4-5,7-8,13,16H,6,9-12H2,1-3H3. The van der Waals surface area contributed by atoms with Crippen LogP contribution in [0, 0.1) is 0 Å². The summed E-state index contributed by atoms with van der Waals surface area (Å²) in [5.41, 5.74) is 1.93. The predicted octanol–water partition coefficient (Wildman–Crippen LogP) is 1.61. The van der Waals surface area contributed by atoms with Crippen molar-refractivity contribution in [3.05, 3.63) is 29.8 Å². The number of nitrogens with zero attached hydrogens (tertiary/aromatic N) is 2. The lowest BCUT2D eigenvalue weighted by Gasteiger charge is -2.26. The number of hydrogen-bond acceptors (Lipinski definition) is 3. The van der Waals surface area contributed by atoms with E-state index < -0.39 is 10.2 Å². The van der Waals surface area contributed by atoms with Gasteiger partial charge in [0.05, 0.1) is 5.69 Å². The van der Waals surface area contributed by atoms with Gasteiger partial charge in [0.1, 0.15) is 0 Å². The van der Waals surface area contributed by atoms with E-state index in [4.69, 9.17) is 0 Å². The third kappa shape index (κ3) is 3.75. The second kappa shape index (κ2) is 6.77. The molecule has 2 rings (SSSR count). The van der Waals surface area contributed by atoms with E-state index in [0.29, 0.717) is 19.1 Å². The summed E-state index contributed by atoms with van der Waals surface area (Å²) in [6.45, 7) is 6.06. The number of nitrogens with one attached hydrogen (secondary N) is 1. The van der Waals surface area contributed by atoms with Crippen LogP contribution in [0.25, 0.3) is 0 Å². The molecule has 1 aromatic carbocycles. The second-order valence-corrected chi connectivity index (χ2v) is 7.70. The van der Waals surface area contributed by atoms with E-state index >= 15 is 0 Å². The fourth-order valence-corrected chi connectivity index (χ4v) is 3.97. The summed E-state index contributed by atoms with van der Waals surface area (Å²) in [5.74, 6) is 0. The second-order valence-electron chi connectivity index (χ2n) is 5.74. The number of anilines is 1. The summed E-state index contributed by atoms with van der Waals surface area (Å²) in [6, 6.07) is 8.15. The molecule has 1 aliphatic rings. The molecule has 6 heteroatoms. The van der Waals surface area contributed by atoms with Crippen LogP contribution in [0.3, 0.4) is 0 Å². The topological polar surface area (TPSA) is 52.7 Å². The Bertz CT molecular complexity index is 572. The lowest BCUT2D eigenvalue weighted by atomic mass is 10.2. The van der Waals surface area contributed by atoms with Gasteiger partial charge < -0.3 is 5.32 Å². The van der Waals surface area contributed by atoms with E-state index in [1.807, 2.05) is 24.3 Å². The number of para-hydroxylation sites is 1. The predicted molar refractivity (Wildman–Crippen MR) is 86.8 cm³/mol. The fourth-order valence-electron chi connectivity index (χ4n) is 2.52. The molecule has 0 radical (unpaired) electrons. The van der Waals surface area contributed by atoms with Crippen molar-refractivity contribution in [2.24, 2.45) is 0 Å². The molecule has 1 N–H and O–H groups in total. The highest BCUT2D eigenvalue weighted by Crippen LogP contribution is 2.30. The molecule has 0 amide bonds. The van der Waals surface area contributed by atoms with Gasteiger partial charge in [0, 0.05) is 26.2 Å². The molecular formula is C15H25N3O2S. The molecule has 1 heterocycles. The normalized spacial score (nSPS) is 15.0. The van der Waals surface area contributed by atoms with Crippen molar-refractivity contribution in [3.63, 3.8) is 0 Å². The first kappa shape index (κ1) is 16.3. The molecule has 0 bridgehead atoms. The first-order chi connectivity index (χ1) is 9.93. The van der Waals surface area contributed by atoms with E-state index in [1.54, 1.807) is 7.05 Å². The Morgan fingerprint density at radius 2 is 2.05 bits per heavy atom. The summed E-state index contributed by atoms with van der Waals surface area (Å²) in [5, 5.41) is 3.30. The molecule has 21 heavy (non-hydrogen) atoms. The van der Waals surface area contributed by atoms with E-state index in [0.717, 1.165) is 30.6 Å². The van der Waals surface area contributed by atoms with Gasteiger partial charge >= 0.3 is 10.2 Å². The minimum Gasteiger partial charge on any atom is -0.314 e. The number of hydrogen-bond donors (Lipinski definition) is 1. The zero-order chi connectivity index (χ0) is 15.5. The lowest BCUT2D eigenvalue weighted by Crippen LogP contribution is -2.42. The highest BCUT2D eigenvalue weighted by Gasteiger charge is 2.31. The summed E-state index contributed by atoms with van der Waals surface area (Å²) in [7, 11) is -1.76. The summed E-state index contributed by atoms with van der Waals surface area (Å²) >= 11 is 0. The maximum Gasteiger partial charge on any atom is 0.303 e. The van der Waals surface area contributed by atoms with Crippen LogP contribution in [0.5, 0.6) is 0 Å². The molecule has 1 aromatic rings. The van der Waals surface area contributed by atoms with Crippen molar-refractivity contribution in [2.45, 2.75) is 32.7 Å². The van der Waals surface area contributed by atoms with Crippen molar-refractivity contribution in [1.82, 2.24) is 9.62 Å². The van der Waals surface area contributed by atoms with Crippen molar-refractivity contribution < 1.29 is 8.42 Å². The zero-order valence-corrected chi connectivity index (χ0v) is 13.9. The van der Waals surface area contributed by atoms with Crippen molar-refractivity contribution in [3.8, 4) is 0 Å². The number of fused-ring (bicyclic) bond motifs is 1. The molecule has 0 unspecified atom stereocenters. The van der Waals surface area contributed by atoms with Gasteiger partial charge in [-0.15, -0.1) is 0 Å². The molecule has 0 spiro atoms. The van der Waals surface area contributed by atoms with Crippen LogP contribution in [0.15, 0.2) is 24.3 Å². The van der Waals surface area contributed by atoms with Crippen molar-refractivity contribution in [1.29, 1.82) is 0 Å². The molecule has 0 atom stereocenters. The maximum absolute atomic E-state index is 12.7. The molecule has 0 saturated heterocycles. The summed E-state index contributed by atoms with van der Waals surface area (Å²) in [4.78, 5) is 0. The summed E-state index contributed by atoms with van der Waals surface area (Å²) < 4.78 is 28.3. The van der Waals surface area contributed by atoms with Gasteiger partial charge in [0.15, 0.2) is 0 Å². The van der Waals surface area contributed by atoms with E-state index in [-0.39, 0.29) is 0 Å². The van der Waals surface area contributed by atoms with Gasteiger partial charge in [0.25, 0.3) is 0 Å². The van der Waals surface area contributed by atoms with E-state index in [1.165, 1.54) is 8.61 Å². The first-order valence-corrected chi connectivity index (χ1v) is 8.88.